The van der Waals surface area contributed by atoms with E-state index in [0.29, 0.717) is 5.69 Å². The van der Waals surface area contributed by atoms with Crippen LogP contribution < -0.4 is 5.32 Å². The highest BCUT2D eigenvalue weighted by Crippen LogP contribution is 2.17. The molecule has 0 aliphatic heterocycles. The molecule has 0 aliphatic rings. The molecule has 0 saturated carbocycles. The second-order valence-electron chi connectivity index (χ2n) is 6.96. The number of benzene rings is 2. The predicted octanol–water partition coefficient (Wildman–Crippen LogP) is 3.04. The first-order valence-corrected chi connectivity index (χ1v) is 9.19. The van der Waals surface area contributed by atoms with E-state index in [1.54, 1.807) is 6.07 Å². The molecule has 29 heavy (non-hydrogen) atoms. The molecule has 3 aromatic rings. The van der Waals surface area contributed by atoms with Crippen molar-refractivity contribution in [3.8, 4) is 0 Å². The van der Waals surface area contributed by atoms with Crippen LogP contribution in [0.1, 0.15) is 21.6 Å². The first-order chi connectivity index (χ1) is 13.8. The van der Waals surface area contributed by atoms with Gasteiger partial charge in [0.2, 0.25) is 5.91 Å². The number of hydrogen-bond acceptors (Lipinski definition) is 4. The number of ether oxygens (including phenoxy) is 1. The topological polar surface area (TPSA) is 91.5 Å². The van der Waals surface area contributed by atoms with E-state index < -0.39 is 18.5 Å². The molecule has 2 N–H and O–H groups in total. The first-order valence-electron chi connectivity index (χ1n) is 9.19. The molecule has 0 bridgehead atoms. The van der Waals surface area contributed by atoms with Crippen molar-refractivity contribution in [2.75, 3.05) is 25.5 Å². The summed E-state index contributed by atoms with van der Waals surface area (Å²) in [5, 5.41) is 3.68. The zero-order chi connectivity index (χ0) is 21.0. The van der Waals surface area contributed by atoms with Crippen LogP contribution in [0.2, 0.25) is 0 Å². The molecule has 1 aromatic heterocycles. The number of carbonyl (C=O) groups excluding carboxylic acids is 3. The number of carbonyl (C=O) groups is 3. The molecule has 150 valence electrons. The third-order valence-corrected chi connectivity index (χ3v) is 4.55. The third-order valence-electron chi connectivity index (χ3n) is 4.55. The van der Waals surface area contributed by atoms with Crippen molar-refractivity contribution in [1.82, 2.24) is 9.88 Å². The van der Waals surface area contributed by atoms with Gasteiger partial charge in [0.25, 0.3) is 5.91 Å². The average Bonchev–Trinajstić information content (AvgIpc) is 3.13. The Morgan fingerprint density at radius 1 is 1.07 bits per heavy atom. The molecule has 1 heterocycles. The zero-order valence-electron chi connectivity index (χ0n) is 16.6. The van der Waals surface area contributed by atoms with Crippen molar-refractivity contribution in [2.24, 2.45) is 0 Å². The van der Waals surface area contributed by atoms with E-state index in [9.17, 15) is 14.4 Å². The molecule has 7 nitrogen and oxygen atoms in total. The maximum absolute atomic E-state index is 12.2. The van der Waals surface area contributed by atoms with Crippen LogP contribution in [0, 0.1) is 13.8 Å². The number of para-hydroxylation sites is 1. The summed E-state index contributed by atoms with van der Waals surface area (Å²) in [6, 6.07) is 14.9. The Morgan fingerprint density at radius 2 is 1.83 bits per heavy atom. The Labute approximate surface area is 168 Å². The summed E-state index contributed by atoms with van der Waals surface area (Å²) in [5.41, 5.74) is 3.76. The van der Waals surface area contributed by atoms with Gasteiger partial charge in [-0.15, -0.1) is 0 Å². The first kappa shape index (κ1) is 20.1. The van der Waals surface area contributed by atoms with E-state index in [4.69, 9.17) is 4.74 Å². The third kappa shape index (κ3) is 5.01. The minimum atomic E-state index is -0.622. The number of hydrogen-bond donors (Lipinski definition) is 2. The number of likely N-dealkylation sites (N-methyl/N-ethyl adjacent to an activating group) is 1. The van der Waals surface area contributed by atoms with Crippen molar-refractivity contribution in [3.05, 3.63) is 65.4 Å². The van der Waals surface area contributed by atoms with Crippen LogP contribution in [0.15, 0.2) is 48.5 Å². The minimum Gasteiger partial charge on any atom is -0.451 e. The summed E-state index contributed by atoms with van der Waals surface area (Å²) in [6.07, 6.45) is 0. The van der Waals surface area contributed by atoms with Gasteiger partial charge in [0, 0.05) is 23.6 Å². The lowest BCUT2D eigenvalue weighted by Gasteiger charge is -2.17. The van der Waals surface area contributed by atoms with Gasteiger partial charge < -0.3 is 19.9 Å². The molecule has 2 amide bonds. The molecule has 0 aliphatic carbocycles. The van der Waals surface area contributed by atoms with Gasteiger partial charge in [-0.3, -0.25) is 9.59 Å². The number of anilines is 1. The second kappa shape index (κ2) is 8.60. The smallest absolute Gasteiger partial charge is 0.355 e. The number of aryl methyl sites for hydroxylation is 2. The molecular weight excluding hydrogens is 370 g/mol. The van der Waals surface area contributed by atoms with Crippen molar-refractivity contribution < 1.29 is 19.1 Å². The van der Waals surface area contributed by atoms with Gasteiger partial charge in [-0.25, -0.2) is 4.79 Å². The molecule has 0 saturated heterocycles. The van der Waals surface area contributed by atoms with Crippen LogP contribution in [-0.2, 0) is 14.3 Å². The zero-order valence-corrected chi connectivity index (χ0v) is 16.6. The van der Waals surface area contributed by atoms with E-state index in [1.807, 2.05) is 56.3 Å². The summed E-state index contributed by atoms with van der Waals surface area (Å²) in [7, 11) is 1.49. The quantitative estimate of drug-likeness (QED) is 0.630. The molecule has 7 heteroatoms. The number of H-pyrrole nitrogens is 1. The maximum atomic E-state index is 12.2. The van der Waals surface area contributed by atoms with Gasteiger partial charge in [0.1, 0.15) is 5.69 Å². The largest absolute Gasteiger partial charge is 0.451 e. The van der Waals surface area contributed by atoms with Gasteiger partial charge in [-0.05, 0) is 43.2 Å². The van der Waals surface area contributed by atoms with Gasteiger partial charge in [0.05, 0.1) is 6.54 Å². The summed E-state index contributed by atoms with van der Waals surface area (Å²) in [4.78, 5) is 40.8. The Kier molecular flexibility index (Phi) is 5.97. The number of fused-ring (bicyclic) bond motifs is 1. The normalized spacial score (nSPS) is 10.6. The minimum absolute atomic E-state index is 0.143. The van der Waals surface area contributed by atoms with Gasteiger partial charge in [-0.1, -0.05) is 30.3 Å². The summed E-state index contributed by atoms with van der Waals surface area (Å²) in [5.74, 6) is -1.41. The molecule has 0 fully saturated rings. The maximum Gasteiger partial charge on any atom is 0.355 e. The van der Waals surface area contributed by atoms with E-state index in [0.717, 1.165) is 22.0 Å². The number of amides is 2. The van der Waals surface area contributed by atoms with Gasteiger partial charge in [0.15, 0.2) is 6.61 Å². The van der Waals surface area contributed by atoms with E-state index >= 15 is 0 Å². The predicted molar refractivity (Wildman–Crippen MR) is 111 cm³/mol. The monoisotopic (exact) mass is 393 g/mol. The van der Waals surface area contributed by atoms with Crippen LogP contribution in [0.4, 0.5) is 5.69 Å². The van der Waals surface area contributed by atoms with Crippen LogP contribution in [0.25, 0.3) is 10.9 Å². The lowest BCUT2D eigenvalue weighted by molar-refractivity contribution is -0.136. The number of nitrogens with one attached hydrogen (secondary N) is 2. The van der Waals surface area contributed by atoms with Crippen molar-refractivity contribution >= 4 is 34.4 Å². The second-order valence-corrected chi connectivity index (χ2v) is 6.96. The molecular formula is C22H23N3O4. The molecule has 3 rings (SSSR count). The molecule has 0 unspecified atom stereocenters. The number of aromatic nitrogens is 1. The number of rotatable bonds is 6. The molecule has 0 atom stereocenters. The van der Waals surface area contributed by atoms with E-state index in [-0.39, 0.29) is 18.1 Å². The number of nitrogens with zero attached hydrogens (tertiary/aromatic N) is 1. The van der Waals surface area contributed by atoms with Crippen molar-refractivity contribution in [1.29, 1.82) is 0 Å². The Morgan fingerprint density at radius 3 is 2.59 bits per heavy atom. The molecule has 2 aromatic carbocycles. The number of esters is 1. The fraction of sp³-hybridized carbons (Fsp3) is 0.227. The lowest BCUT2D eigenvalue weighted by Crippen LogP contribution is -2.37. The Bertz CT molecular complexity index is 1040. The van der Waals surface area contributed by atoms with Crippen LogP contribution >= 0.6 is 0 Å². The van der Waals surface area contributed by atoms with Gasteiger partial charge >= 0.3 is 5.97 Å². The lowest BCUT2D eigenvalue weighted by atomic mass is 10.1. The van der Waals surface area contributed by atoms with E-state index in [2.05, 4.69) is 10.3 Å². The summed E-state index contributed by atoms with van der Waals surface area (Å²) >= 11 is 0. The summed E-state index contributed by atoms with van der Waals surface area (Å²) < 4.78 is 5.08. The SMILES string of the molecule is Cc1ccc(C)c(NC(=O)CN(C)C(=O)COC(=O)c2cc3ccccc3[nH]2)c1. The van der Waals surface area contributed by atoms with Crippen molar-refractivity contribution in [3.63, 3.8) is 0 Å². The number of aromatic amines is 1. The van der Waals surface area contributed by atoms with Crippen LogP contribution in [0.5, 0.6) is 0 Å². The Hall–Kier alpha value is -3.61. The average molecular weight is 393 g/mol. The highest BCUT2D eigenvalue weighted by molar-refractivity contribution is 5.97. The highest BCUT2D eigenvalue weighted by atomic mass is 16.5. The Balaban J connectivity index is 1.51. The van der Waals surface area contributed by atoms with Crippen molar-refractivity contribution in [2.45, 2.75) is 13.8 Å². The van der Waals surface area contributed by atoms with Crippen LogP contribution in [0.3, 0.4) is 0 Å². The highest BCUT2D eigenvalue weighted by Gasteiger charge is 2.17. The molecule has 0 radical (unpaired) electrons. The standard InChI is InChI=1S/C22H23N3O4/c1-14-8-9-15(2)18(10-14)24-20(26)12-25(3)21(27)13-29-22(28)19-11-16-6-4-5-7-17(16)23-19/h4-11,23H,12-13H2,1-3H3,(H,24,26). The fourth-order valence-electron chi connectivity index (χ4n) is 2.86. The molecule has 0 spiro atoms. The van der Waals surface area contributed by atoms with Gasteiger partial charge in [-0.2, -0.15) is 0 Å². The van der Waals surface area contributed by atoms with Crippen LogP contribution in [-0.4, -0.2) is 47.9 Å². The van der Waals surface area contributed by atoms with E-state index in [1.165, 1.54) is 11.9 Å². The fourth-order valence-corrected chi connectivity index (χ4v) is 2.86. The summed E-state index contributed by atoms with van der Waals surface area (Å²) in [6.45, 7) is 3.25.